The number of thiophene rings is 1. The second kappa shape index (κ2) is 5.39. The van der Waals surface area contributed by atoms with Gasteiger partial charge in [0.25, 0.3) is 10.0 Å². The Morgan fingerprint density at radius 2 is 1.79 bits per heavy atom. The van der Waals surface area contributed by atoms with E-state index in [9.17, 15) is 8.42 Å². The molecule has 0 radical (unpaired) electrons. The van der Waals surface area contributed by atoms with Crippen LogP contribution in [0.2, 0.25) is 10.0 Å². The number of sulfonamides is 1. The molecule has 0 aliphatic rings. The smallest absolute Gasteiger partial charge is 0.271 e. The quantitative estimate of drug-likeness (QED) is 0.930. The third-order valence-corrected chi connectivity index (χ3v) is 5.37. The van der Waals surface area contributed by atoms with E-state index >= 15 is 0 Å². The molecule has 19 heavy (non-hydrogen) atoms. The molecule has 1 aromatic heterocycles. The van der Waals surface area contributed by atoms with Crippen LogP contribution in [-0.2, 0) is 10.0 Å². The Balaban J connectivity index is 2.33. The molecule has 98 valence electrons. The van der Waals surface area contributed by atoms with Crippen LogP contribution in [0.4, 0.5) is 5.69 Å². The molecule has 0 spiro atoms. The topological polar surface area (TPSA) is 70.0 Å². The molecule has 8 heteroatoms. The van der Waals surface area contributed by atoms with Crippen molar-refractivity contribution in [2.24, 2.45) is 0 Å². The third-order valence-electron chi connectivity index (χ3n) is 2.07. The first-order valence-electron chi connectivity index (χ1n) is 4.89. The normalized spacial score (nSPS) is 11.0. The number of nitrogens with zero attached hydrogens (tertiary/aromatic N) is 1. The van der Waals surface area contributed by atoms with Gasteiger partial charge in [-0.05, 0) is 30.3 Å². The van der Waals surface area contributed by atoms with Crippen molar-refractivity contribution in [2.45, 2.75) is 4.21 Å². The zero-order valence-corrected chi connectivity index (χ0v) is 12.4. The van der Waals surface area contributed by atoms with Crippen molar-refractivity contribution in [2.75, 3.05) is 4.72 Å². The number of rotatable bonds is 3. The van der Waals surface area contributed by atoms with Gasteiger partial charge in [-0.1, -0.05) is 23.2 Å². The van der Waals surface area contributed by atoms with E-state index in [1.165, 1.54) is 30.3 Å². The zero-order chi connectivity index (χ0) is 14.0. The maximum Gasteiger partial charge on any atom is 0.271 e. The summed E-state index contributed by atoms with van der Waals surface area (Å²) in [4.78, 5) is 0.324. The number of halogens is 2. The van der Waals surface area contributed by atoms with Crippen LogP contribution in [0.1, 0.15) is 4.88 Å². The standard InChI is InChI=1S/C11H6Cl2N2O2S2/c12-7-3-8(13)5-9(4-7)15-19(16,17)11-2-1-10(6-14)18-11/h1-5,15H. The first kappa shape index (κ1) is 14.2. The number of nitriles is 1. The summed E-state index contributed by atoms with van der Waals surface area (Å²) in [6.45, 7) is 0. The minimum Gasteiger partial charge on any atom is -0.279 e. The van der Waals surface area contributed by atoms with Gasteiger partial charge in [-0.2, -0.15) is 5.26 Å². The van der Waals surface area contributed by atoms with Gasteiger partial charge < -0.3 is 0 Å². The lowest BCUT2D eigenvalue weighted by Crippen LogP contribution is -2.11. The average molecular weight is 333 g/mol. The van der Waals surface area contributed by atoms with Gasteiger partial charge in [-0.3, -0.25) is 4.72 Å². The van der Waals surface area contributed by atoms with Gasteiger partial charge in [-0.25, -0.2) is 8.42 Å². The fourth-order valence-corrected chi connectivity index (χ4v) is 4.01. The molecule has 0 unspecified atom stereocenters. The lowest BCUT2D eigenvalue weighted by Gasteiger charge is -2.07. The number of hydrogen-bond acceptors (Lipinski definition) is 4. The number of benzene rings is 1. The first-order valence-corrected chi connectivity index (χ1v) is 7.95. The zero-order valence-electron chi connectivity index (χ0n) is 9.22. The maximum absolute atomic E-state index is 12.1. The highest BCUT2D eigenvalue weighted by atomic mass is 35.5. The number of anilines is 1. The Morgan fingerprint density at radius 1 is 1.16 bits per heavy atom. The SMILES string of the molecule is N#Cc1ccc(S(=O)(=O)Nc2cc(Cl)cc(Cl)c2)s1. The molecular formula is C11H6Cl2N2O2S2. The predicted octanol–water partition coefficient (Wildman–Crippen LogP) is 3.73. The number of nitrogens with one attached hydrogen (secondary N) is 1. The summed E-state index contributed by atoms with van der Waals surface area (Å²) in [5.41, 5.74) is 0.268. The van der Waals surface area contributed by atoms with E-state index in [0.717, 1.165) is 11.3 Å². The molecule has 2 aromatic rings. The van der Waals surface area contributed by atoms with Gasteiger partial charge in [0.15, 0.2) is 0 Å². The number of hydrogen-bond donors (Lipinski definition) is 1. The van der Waals surface area contributed by atoms with Crippen LogP contribution in [0.25, 0.3) is 0 Å². The Kier molecular flexibility index (Phi) is 4.02. The van der Waals surface area contributed by atoms with Crippen molar-refractivity contribution in [1.29, 1.82) is 5.26 Å². The van der Waals surface area contributed by atoms with Crippen LogP contribution in [-0.4, -0.2) is 8.42 Å². The van der Waals surface area contributed by atoms with Gasteiger partial charge in [0, 0.05) is 10.0 Å². The summed E-state index contributed by atoms with van der Waals surface area (Å²) >= 11 is 12.5. The highest BCUT2D eigenvalue weighted by Gasteiger charge is 2.17. The molecule has 0 bridgehead atoms. The predicted molar refractivity (Wildman–Crippen MR) is 76.3 cm³/mol. The van der Waals surface area contributed by atoms with E-state index in [4.69, 9.17) is 28.5 Å². The molecule has 0 atom stereocenters. The fraction of sp³-hybridized carbons (Fsp3) is 0. The Morgan fingerprint density at radius 3 is 2.32 bits per heavy atom. The van der Waals surface area contributed by atoms with Gasteiger partial charge in [0.2, 0.25) is 0 Å². The minimum absolute atomic E-state index is 0.0557. The molecule has 0 saturated carbocycles. The fourth-order valence-electron chi connectivity index (χ4n) is 1.34. The van der Waals surface area contributed by atoms with Crippen molar-refractivity contribution < 1.29 is 8.42 Å². The molecule has 0 amide bonds. The molecule has 4 nitrogen and oxygen atoms in total. The Labute approximate surface area is 124 Å². The van der Waals surface area contributed by atoms with Crippen molar-refractivity contribution >= 4 is 50.2 Å². The van der Waals surface area contributed by atoms with E-state index in [1.54, 1.807) is 0 Å². The summed E-state index contributed by atoms with van der Waals surface area (Å²) in [5, 5.41) is 9.35. The summed E-state index contributed by atoms with van der Waals surface area (Å²) < 4.78 is 26.5. The molecule has 0 aliphatic carbocycles. The van der Waals surface area contributed by atoms with E-state index in [1.807, 2.05) is 6.07 Å². The molecule has 1 N–H and O–H groups in total. The van der Waals surface area contributed by atoms with Gasteiger partial charge in [-0.15, -0.1) is 11.3 Å². The van der Waals surface area contributed by atoms with Gasteiger partial charge in [0.05, 0.1) is 5.69 Å². The minimum atomic E-state index is -3.74. The van der Waals surface area contributed by atoms with Gasteiger partial charge >= 0.3 is 0 Å². The van der Waals surface area contributed by atoms with Crippen LogP contribution in [0.3, 0.4) is 0 Å². The summed E-state index contributed by atoms with van der Waals surface area (Å²) in [6, 6.07) is 9.10. The second-order valence-electron chi connectivity index (χ2n) is 3.49. The van der Waals surface area contributed by atoms with Crippen molar-refractivity contribution in [3.8, 4) is 6.07 Å². The summed E-state index contributed by atoms with van der Waals surface area (Å²) in [6.07, 6.45) is 0. The van der Waals surface area contributed by atoms with Crippen molar-refractivity contribution in [3.05, 3.63) is 45.3 Å². The van der Waals surface area contributed by atoms with Crippen LogP contribution >= 0.6 is 34.5 Å². The molecule has 0 saturated heterocycles. The molecule has 0 fully saturated rings. The maximum atomic E-state index is 12.1. The first-order chi connectivity index (χ1) is 8.90. The molecule has 1 aromatic carbocycles. The monoisotopic (exact) mass is 332 g/mol. The summed E-state index contributed by atoms with van der Waals surface area (Å²) in [5.74, 6) is 0. The van der Waals surface area contributed by atoms with E-state index in [-0.39, 0.29) is 9.90 Å². The third kappa shape index (κ3) is 3.39. The lowest BCUT2D eigenvalue weighted by molar-refractivity contribution is 0.603. The second-order valence-corrected chi connectivity index (χ2v) is 7.36. The van der Waals surface area contributed by atoms with Gasteiger partial charge in [0.1, 0.15) is 15.2 Å². The van der Waals surface area contributed by atoms with Crippen molar-refractivity contribution in [1.82, 2.24) is 0 Å². The van der Waals surface area contributed by atoms with Crippen LogP contribution in [0, 0.1) is 11.3 Å². The molecule has 1 heterocycles. The van der Waals surface area contributed by atoms with Crippen LogP contribution in [0.5, 0.6) is 0 Å². The van der Waals surface area contributed by atoms with E-state index in [2.05, 4.69) is 4.72 Å². The van der Waals surface area contributed by atoms with E-state index in [0.29, 0.717) is 14.9 Å². The largest absolute Gasteiger partial charge is 0.279 e. The molecule has 0 aliphatic heterocycles. The highest BCUT2D eigenvalue weighted by Crippen LogP contribution is 2.27. The lowest BCUT2D eigenvalue weighted by atomic mass is 10.3. The van der Waals surface area contributed by atoms with Crippen LogP contribution < -0.4 is 4.72 Å². The highest BCUT2D eigenvalue weighted by molar-refractivity contribution is 7.94. The molecule has 2 rings (SSSR count). The molecular weight excluding hydrogens is 327 g/mol. The summed E-state index contributed by atoms with van der Waals surface area (Å²) in [7, 11) is -3.74. The Bertz CT molecular complexity index is 743. The Hall–Kier alpha value is -1.26. The average Bonchev–Trinajstić information content (AvgIpc) is 2.75. The van der Waals surface area contributed by atoms with Crippen LogP contribution in [0.15, 0.2) is 34.5 Å². The van der Waals surface area contributed by atoms with Crippen molar-refractivity contribution in [3.63, 3.8) is 0 Å². The van der Waals surface area contributed by atoms with E-state index < -0.39 is 10.0 Å².